The quantitative estimate of drug-likeness (QED) is 0.705. The fraction of sp³-hybridized carbons (Fsp3) is 0.389. The molecule has 0 aliphatic heterocycles. The van der Waals surface area contributed by atoms with Crippen LogP contribution in [0.3, 0.4) is 0 Å². The highest BCUT2D eigenvalue weighted by Crippen LogP contribution is 2.38. The van der Waals surface area contributed by atoms with E-state index in [2.05, 4.69) is 9.97 Å². The molecule has 152 valence electrons. The van der Waals surface area contributed by atoms with Crippen LogP contribution in [0.25, 0.3) is 0 Å². The summed E-state index contributed by atoms with van der Waals surface area (Å²) in [6.45, 7) is 0.951. The van der Waals surface area contributed by atoms with E-state index in [1.165, 1.54) is 11.8 Å². The van der Waals surface area contributed by atoms with E-state index in [0.29, 0.717) is 0 Å². The predicted octanol–water partition coefficient (Wildman–Crippen LogP) is 3.03. The van der Waals surface area contributed by atoms with Gasteiger partial charge in [0.1, 0.15) is 5.69 Å². The van der Waals surface area contributed by atoms with Crippen LogP contribution in [0, 0.1) is 0 Å². The van der Waals surface area contributed by atoms with Gasteiger partial charge in [0, 0.05) is 37.0 Å². The maximum absolute atomic E-state index is 12.8. The van der Waals surface area contributed by atoms with Crippen LogP contribution in [-0.2, 0) is 11.6 Å². The van der Waals surface area contributed by atoms with Crippen LogP contribution in [-0.4, -0.2) is 41.6 Å². The van der Waals surface area contributed by atoms with Gasteiger partial charge in [-0.25, -0.2) is 4.98 Å². The summed E-state index contributed by atoms with van der Waals surface area (Å²) in [5.41, 5.74) is -2.65. The van der Waals surface area contributed by atoms with Crippen molar-refractivity contribution in [2.24, 2.45) is 0 Å². The van der Waals surface area contributed by atoms with E-state index in [1.807, 2.05) is 0 Å². The highest BCUT2D eigenvalue weighted by atomic mass is 35.5. The molecule has 1 heterocycles. The Labute approximate surface area is 164 Å². The molecule has 0 fully saturated rings. The SMILES string of the molecule is CN(C)c1nc(C(=O)C[C@](C)(CO)c2ccc(C(F)(F)F)cc2Cl)cc(=O)[nH]1. The number of benzene rings is 1. The zero-order chi connectivity index (χ0) is 21.3. The average molecular weight is 418 g/mol. The highest BCUT2D eigenvalue weighted by Gasteiger charge is 2.35. The molecular formula is C18H19ClF3N3O3. The summed E-state index contributed by atoms with van der Waals surface area (Å²) in [5.74, 6) is -0.379. The van der Waals surface area contributed by atoms with Crippen molar-refractivity contribution in [2.45, 2.75) is 24.9 Å². The molecule has 0 aliphatic rings. The van der Waals surface area contributed by atoms with Crippen LogP contribution in [0.15, 0.2) is 29.1 Å². The first kappa shape index (κ1) is 21.9. The minimum atomic E-state index is -4.56. The van der Waals surface area contributed by atoms with Gasteiger partial charge in [0.15, 0.2) is 5.78 Å². The molecule has 0 amide bonds. The molecule has 28 heavy (non-hydrogen) atoms. The number of ketones is 1. The Morgan fingerprint density at radius 3 is 2.43 bits per heavy atom. The molecule has 0 saturated carbocycles. The summed E-state index contributed by atoms with van der Waals surface area (Å²) in [6.07, 6.45) is -4.87. The van der Waals surface area contributed by atoms with Crippen molar-refractivity contribution in [3.05, 3.63) is 56.5 Å². The first-order valence-corrected chi connectivity index (χ1v) is 8.55. The summed E-state index contributed by atoms with van der Waals surface area (Å²) in [5, 5.41) is 9.64. The van der Waals surface area contributed by atoms with Crippen LogP contribution in [0.4, 0.5) is 19.1 Å². The number of aromatic amines is 1. The van der Waals surface area contributed by atoms with Gasteiger partial charge in [0.05, 0.1) is 12.2 Å². The van der Waals surface area contributed by atoms with Crippen molar-refractivity contribution >= 4 is 23.3 Å². The number of halogens is 4. The van der Waals surface area contributed by atoms with Gasteiger partial charge in [-0.3, -0.25) is 14.6 Å². The topological polar surface area (TPSA) is 86.3 Å². The third-order valence-corrected chi connectivity index (χ3v) is 4.60. The van der Waals surface area contributed by atoms with Crippen molar-refractivity contribution in [1.29, 1.82) is 0 Å². The first-order valence-electron chi connectivity index (χ1n) is 8.17. The van der Waals surface area contributed by atoms with Crippen LogP contribution in [0.5, 0.6) is 0 Å². The van der Waals surface area contributed by atoms with Crippen molar-refractivity contribution in [1.82, 2.24) is 9.97 Å². The molecule has 2 aromatic rings. The maximum atomic E-state index is 12.8. The number of hydrogen-bond donors (Lipinski definition) is 2. The second-order valence-corrected chi connectivity index (χ2v) is 7.27. The number of H-pyrrole nitrogens is 1. The molecule has 6 nitrogen and oxygen atoms in total. The van der Waals surface area contributed by atoms with E-state index in [0.717, 1.165) is 24.3 Å². The van der Waals surface area contributed by atoms with Crippen LogP contribution in [0.1, 0.15) is 35.0 Å². The summed E-state index contributed by atoms with van der Waals surface area (Å²) < 4.78 is 38.5. The lowest BCUT2D eigenvalue weighted by molar-refractivity contribution is -0.137. The summed E-state index contributed by atoms with van der Waals surface area (Å²) in [6, 6.07) is 3.77. The lowest BCUT2D eigenvalue weighted by Gasteiger charge is -2.28. The molecule has 2 rings (SSSR count). The molecule has 0 radical (unpaired) electrons. The second kappa shape index (κ2) is 7.92. The molecule has 2 N–H and O–H groups in total. The van der Waals surface area contributed by atoms with Crippen molar-refractivity contribution in [2.75, 3.05) is 25.6 Å². The zero-order valence-electron chi connectivity index (χ0n) is 15.4. The third-order valence-electron chi connectivity index (χ3n) is 4.28. The van der Waals surface area contributed by atoms with Crippen molar-refractivity contribution in [3.8, 4) is 0 Å². The number of aliphatic hydroxyl groups excluding tert-OH is 1. The highest BCUT2D eigenvalue weighted by molar-refractivity contribution is 6.31. The number of alkyl halides is 3. The standard InChI is InChI=1S/C18H19ClF3N3O3/c1-17(9-26,11-5-4-10(6-12(11)19)18(20,21)22)8-14(27)13-7-15(28)24-16(23-13)25(2)3/h4-7,26H,8-9H2,1-3H3,(H,23,24,28)/t17-/m1/s1. The van der Waals surface area contributed by atoms with Crippen LogP contribution >= 0.6 is 11.6 Å². The molecule has 1 aromatic heterocycles. The molecule has 1 aromatic carbocycles. The zero-order valence-corrected chi connectivity index (χ0v) is 16.1. The smallest absolute Gasteiger partial charge is 0.395 e. The Hall–Kier alpha value is -2.39. The average Bonchev–Trinajstić information content (AvgIpc) is 2.59. The molecule has 0 aliphatic carbocycles. The number of nitrogens with one attached hydrogen (secondary N) is 1. The largest absolute Gasteiger partial charge is 0.416 e. The first-order chi connectivity index (χ1) is 12.9. The molecule has 1 atom stereocenters. The number of aromatic nitrogens is 2. The minimum Gasteiger partial charge on any atom is -0.395 e. The van der Waals surface area contributed by atoms with E-state index in [4.69, 9.17) is 11.6 Å². The van der Waals surface area contributed by atoms with Crippen LogP contribution < -0.4 is 10.5 Å². The summed E-state index contributed by atoms with van der Waals surface area (Å²) in [4.78, 5) is 32.5. The Bertz CT molecular complexity index is 944. The van der Waals surface area contributed by atoms with Gasteiger partial charge < -0.3 is 10.0 Å². The molecule has 0 bridgehead atoms. The van der Waals surface area contributed by atoms with Gasteiger partial charge in [-0.05, 0) is 17.7 Å². The fourth-order valence-electron chi connectivity index (χ4n) is 2.66. The van der Waals surface area contributed by atoms with E-state index in [9.17, 15) is 27.9 Å². The van der Waals surface area contributed by atoms with Crippen molar-refractivity contribution in [3.63, 3.8) is 0 Å². The predicted molar refractivity (Wildman–Crippen MR) is 99.0 cm³/mol. The lowest BCUT2D eigenvalue weighted by Crippen LogP contribution is -2.31. The van der Waals surface area contributed by atoms with Gasteiger partial charge in [-0.2, -0.15) is 13.2 Å². The normalized spacial score (nSPS) is 13.9. The van der Waals surface area contributed by atoms with E-state index in [1.54, 1.807) is 14.1 Å². The van der Waals surface area contributed by atoms with E-state index < -0.39 is 35.1 Å². The number of rotatable bonds is 6. The number of carbonyl (C=O) groups is 1. The number of aliphatic hydroxyl groups is 1. The van der Waals surface area contributed by atoms with Crippen molar-refractivity contribution < 1.29 is 23.1 Å². The fourth-order valence-corrected chi connectivity index (χ4v) is 3.07. The van der Waals surface area contributed by atoms with Gasteiger partial charge >= 0.3 is 6.18 Å². The lowest BCUT2D eigenvalue weighted by atomic mass is 9.78. The number of nitrogens with zero attached hydrogens (tertiary/aromatic N) is 2. The van der Waals surface area contributed by atoms with Gasteiger partial charge in [-0.15, -0.1) is 0 Å². The Morgan fingerprint density at radius 2 is 1.93 bits per heavy atom. The Balaban J connectivity index is 2.40. The van der Waals surface area contributed by atoms with Gasteiger partial charge in [0.25, 0.3) is 5.56 Å². The molecular weight excluding hydrogens is 399 g/mol. The Kier molecular flexibility index (Phi) is 6.20. The summed E-state index contributed by atoms with van der Waals surface area (Å²) in [7, 11) is 3.26. The van der Waals surface area contributed by atoms with E-state index >= 15 is 0 Å². The van der Waals surface area contributed by atoms with Gasteiger partial charge in [0.2, 0.25) is 5.95 Å². The minimum absolute atomic E-state index is 0.116. The summed E-state index contributed by atoms with van der Waals surface area (Å²) >= 11 is 6.02. The van der Waals surface area contributed by atoms with E-state index in [-0.39, 0.29) is 28.6 Å². The molecule has 0 unspecified atom stereocenters. The monoisotopic (exact) mass is 417 g/mol. The molecule has 0 spiro atoms. The number of hydrogen-bond acceptors (Lipinski definition) is 5. The Morgan fingerprint density at radius 1 is 1.29 bits per heavy atom. The number of anilines is 1. The molecule has 0 saturated heterocycles. The van der Waals surface area contributed by atoms with Crippen LogP contribution in [0.2, 0.25) is 5.02 Å². The maximum Gasteiger partial charge on any atom is 0.416 e. The molecule has 10 heteroatoms. The number of Topliss-reactive ketones (excluding diaryl/α,β-unsaturated/α-hetero) is 1. The third kappa shape index (κ3) is 4.71. The number of carbonyl (C=O) groups excluding carboxylic acids is 1. The second-order valence-electron chi connectivity index (χ2n) is 6.86. The van der Waals surface area contributed by atoms with Gasteiger partial charge in [-0.1, -0.05) is 24.6 Å².